The van der Waals surface area contributed by atoms with Crippen LogP contribution < -0.4 is 5.32 Å². The molecule has 5 nitrogen and oxygen atoms in total. The third-order valence-corrected chi connectivity index (χ3v) is 5.68. The Kier molecular flexibility index (Phi) is 6.90. The Morgan fingerprint density at radius 3 is 2.25 bits per heavy atom. The molecule has 1 amide bonds. The van der Waals surface area contributed by atoms with Gasteiger partial charge in [0.1, 0.15) is 5.82 Å². The van der Waals surface area contributed by atoms with Crippen LogP contribution in [0.1, 0.15) is 11.1 Å². The lowest BCUT2D eigenvalue weighted by Crippen LogP contribution is -2.48. The smallest absolute Gasteiger partial charge is 0.238 e. The van der Waals surface area contributed by atoms with Gasteiger partial charge in [-0.3, -0.25) is 14.6 Å². The third kappa shape index (κ3) is 5.58. The quantitative estimate of drug-likeness (QED) is 0.642. The lowest BCUT2D eigenvalue weighted by molar-refractivity contribution is -0.117. The molecule has 1 fully saturated rings. The Morgan fingerprint density at radius 2 is 1.56 bits per heavy atom. The minimum atomic E-state index is -0.319. The van der Waals surface area contributed by atoms with E-state index in [0.29, 0.717) is 17.8 Å². The Labute approximate surface area is 187 Å². The van der Waals surface area contributed by atoms with Crippen molar-refractivity contribution in [3.8, 4) is 17.2 Å². The van der Waals surface area contributed by atoms with Gasteiger partial charge in [-0.1, -0.05) is 42.5 Å². The van der Waals surface area contributed by atoms with E-state index in [2.05, 4.69) is 45.5 Å². The molecule has 0 unspecified atom stereocenters. The maximum atomic E-state index is 13.0. The molecule has 0 bridgehead atoms. The monoisotopic (exact) mass is 428 g/mol. The first kappa shape index (κ1) is 21.7. The number of nitrogens with zero attached hydrogens (tertiary/aromatic N) is 3. The van der Waals surface area contributed by atoms with Gasteiger partial charge >= 0.3 is 0 Å². The molecule has 1 N–H and O–H groups in total. The molecule has 1 aliphatic heterocycles. The number of piperazine rings is 1. The van der Waals surface area contributed by atoms with Crippen molar-refractivity contribution >= 4 is 11.6 Å². The molecule has 0 radical (unpaired) electrons. The number of anilines is 1. The summed E-state index contributed by atoms with van der Waals surface area (Å²) in [5.74, 6) is -0.404. The second-order valence-corrected chi connectivity index (χ2v) is 7.96. The van der Waals surface area contributed by atoms with Crippen LogP contribution in [0, 0.1) is 17.1 Å². The van der Waals surface area contributed by atoms with E-state index in [9.17, 15) is 14.4 Å². The molecule has 162 valence electrons. The van der Waals surface area contributed by atoms with Crippen molar-refractivity contribution in [2.75, 3.05) is 38.0 Å². The second kappa shape index (κ2) is 10.2. The topological polar surface area (TPSA) is 59.4 Å². The highest BCUT2D eigenvalue weighted by atomic mass is 19.1. The molecule has 32 heavy (non-hydrogen) atoms. The Bertz CT molecular complexity index is 1100. The summed E-state index contributed by atoms with van der Waals surface area (Å²) >= 11 is 0. The molecular formula is C26H25FN4O. The van der Waals surface area contributed by atoms with Crippen LogP contribution in [-0.4, -0.2) is 48.4 Å². The normalized spacial score (nSPS) is 14.6. The predicted molar refractivity (Wildman–Crippen MR) is 123 cm³/mol. The zero-order chi connectivity index (χ0) is 22.3. The van der Waals surface area contributed by atoms with Crippen molar-refractivity contribution in [2.45, 2.75) is 6.54 Å². The number of rotatable bonds is 6. The Morgan fingerprint density at radius 1 is 0.906 bits per heavy atom. The summed E-state index contributed by atoms with van der Waals surface area (Å²) < 4.78 is 13.0. The number of halogens is 1. The lowest BCUT2D eigenvalue weighted by Gasteiger charge is -2.34. The molecular weight excluding hydrogens is 403 g/mol. The third-order valence-electron chi connectivity index (χ3n) is 5.68. The number of nitrogens with one attached hydrogen (secondary N) is 1. The minimum absolute atomic E-state index is 0.0849. The van der Waals surface area contributed by atoms with Gasteiger partial charge in [-0.2, -0.15) is 5.26 Å². The minimum Gasteiger partial charge on any atom is -0.325 e. The van der Waals surface area contributed by atoms with Gasteiger partial charge in [-0.25, -0.2) is 4.39 Å². The number of benzene rings is 3. The molecule has 0 saturated carbocycles. The van der Waals surface area contributed by atoms with Gasteiger partial charge in [0.25, 0.3) is 0 Å². The Hall–Kier alpha value is -3.53. The zero-order valence-electron chi connectivity index (χ0n) is 17.8. The van der Waals surface area contributed by atoms with E-state index in [4.69, 9.17) is 0 Å². The average Bonchev–Trinajstić information content (AvgIpc) is 2.82. The standard InChI is InChI=1S/C26H25FN4O/c27-23-9-11-24(12-10-23)29-26(32)19-31-15-13-30(14-16-31)18-20-5-7-21(8-6-20)25-4-2-1-3-22(25)17-28/h1-12H,13-16,18-19H2,(H,29,32). The van der Waals surface area contributed by atoms with Crippen LogP contribution in [0.4, 0.5) is 10.1 Å². The summed E-state index contributed by atoms with van der Waals surface area (Å²) in [6.45, 7) is 4.62. The zero-order valence-corrected chi connectivity index (χ0v) is 17.8. The van der Waals surface area contributed by atoms with E-state index < -0.39 is 0 Å². The van der Waals surface area contributed by atoms with Gasteiger partial charge < -0.3 is 5.32 Å². The first-order chi connectivity index (χ1) is 15.6. The van der Waals surface area contributed by atoms with Crippen molar-refractivity contribution in [3.63, 3.8) is 0 Å². The van der Waals surface area contributed by atoms with Crippen LogP contribution in [0.2, 0.25) is 0 Å². The molecule has 0 atom stereocenters. The van der Waals surface area contributed by atoms with E-state index >= 15 is 0 Å². The molecule has 4 rings (SSSR count). The lowest BCUT2D eigenvalue weighted by atomic mass is 9.99. The van der Waals surface area contributed by atoms with E-state index in [1.807, 2.05) is 24.3 Å². The molecule has 1 heterocycles. The summed E-state index contributed by atoms with van der Waals surface area (Å²) in [5.41, 5.74) is 4.51. The number of carbonyl (C=O) groups excluding carboxylic acids is 1. The van der Waals surface area contributed by atoms with Crippen molar-refractivity contribution in [2.24, 2.45) is 0 Å². The second-order valence-electron chi connectivity index (χ2n) is 7.96. The molecule has 6 heteroatoms. The summed E-state index contributed by atoms with van der Waals surface area (Å²) in [5, 5.41) is 12.1. The summed E-state index contributed by atoms with van der Waals surface area (Å²) in [6.07, 6.45) is 0. The summed E-state index contributed by atoms with van der Waals surface area (Å²) in [7, 11) is 0. The molecule has 3 aromatic rings. The van der Waals surface area contributed by atoms with Crippen LogP contribution in [0.15, 0.2) is 72.8 Å². The highest BCUT2D eigenvalue weighted by molar-refractivity contribution is 5.92. The van der Waals surface area contributed by atoms with Crippen LogP contribution in [0.3, 0.4) is 0 Å². The highest BCUT2D eigenvalue weighted by Gasteiger charge is 2.19. The largest absolute Gasteiger partial charge is 0.325 e. The van der Waals surface area contributed by atoms with Gasteiger partial charge in [0.15, 0.2) is 0 Å². The fraction of sp³-hybridized carbons (Fsp3) is 0.231. The highest BCUT2D eigenvalue weighted by Crippen LogP contribution is 2.24. The fourth-order valence-corrected chi connectivity index (χ4v) is 3.92. The maximum Gasteiger partial charge on any atom is 0.238 e. The predicted octanol–water partition coefficient (Wildman–Crippen LogP) is 4.12. The Balaban J connectivity index is 1.25. The molecule has 0 aliphatic carbocycles. The van der Waals surface area contributed by atoms with Gasteiger partial charge in [0.2, 0.25) is 5.91 Å². The van der Waals surface area contributed by atoms with Crippen molar-refractivity contribution < 1.29 is 9.18 Å². The van der Waals surface area contributed by atoms with E-state index in [1.165, 1.54) is 17.7 Å². The van der Waals surface area contributed by atoms with E-state index in [0.717, 1.165) is 43.9 Å². The SMILES string of the molecule is N#Cc1ccccc1-c1ccc(CN2CCN(CC(=O)Nc3ccc(F)cc3)CC2)cc1. The number of carbonyl (C=O) groups is 1. The molecule has 0 spiro atoms. The van der Waals surface area contributed by atoms with E-state index in [-0.39, 0.29) is 11.7 Å². The number of hydrogen-bond acceptors (Lipinski definition) is 4. The van der Waals surface area contributed by atoms with Crippen LogP contribution in [-0.2, 0) is 11.3 Å². The van der Waals surface area contributed by atoms with Crippen LogP contribution in [0.25, 0.3) is 11.1 Å². The summed E-state index contributed by atoms with van der Waals surface area (Å²) in [6, 6.07) is 24.1. The number of hydrogen-bond donors (Lipinski definition) is 1. The number of amides is 1. The van der Waals surface area contributed by atoms with Gasteiger partial charge in [0, 0.05) is 38.4 Å². The van der Waals surface area contributed by atoms with Crippen molar-refractivity contribution in [1.29, 1.82) is 5.26 Å². The maximum absolute atomic E-state index is 13.0. The molecule has 3 aromatic carbocycles. The van der Waals surface area contributed by atoms with E-state index in [1.54, 1.807) is 12.1 Å². The van der Waals surface area contributed by atoms with Gasteiger partial charge in [-0.15, -0.1) is 0 Å². The summed E-state index contributed by atoms with van der Waals surface area (Å²) in [4.78, 5) is 16.8. The van der Waals surface area contributed by atoms with Crippen molar-refractivity contribution in [1.82, 2.24) is 9.80 Å². The molecule has 1 saturated heterocycles. The molecule has 0 aromatic heterocycles. The first-order valence-corrected chi connectivity index (χ1v) is 10.7. The van der Waals surface area contributed by atoms with Crippen molar-refractivity contribution in [3.05, 3.63) is 89.7 Å². The fourth-order valence-electron chi connectivity index (χ4n) is 3.92. The number of nitriles is 1. The average molecular weight is 429 g/mol. The first-order valence-electron chi connectivity index (χ1n) is 10.7. The van der Waals surface area contributed by atoms with Crippen LogP contribution in [0.5, 0.6) is 0 Å². The molecule has 1 aliphatic rings. The van der Waals surface area contributed by atoms with Gasteiger partial charge in [0.05, 0.1) is 18.2 Å². The van der Waals surface area contributed by atoms with Crippen LogP contribution >= 0.6 is 0 Å². The van der Waals surface area contributed by atoms with Gasteiger partial charge in [-0.05, 0) is 47.0 Å².